The lowest BCUT2D eigenvalue weighted by Gasteiger charge is -2.18. The second-order valence-corrected chi connectivity index (χ2v) is 9.99. The number of benzene rings is 2. The first-order chi connectivity index (χ1) is 14.5. The molecule has 1 aromatic heterocycles. The molecular formula is C23H21FN2O3S. The third-order valence-corrected chi connectivity index (χ3v) is 8.32. The van der Waals surface area contributed by atoms with Crippen LogP contribution in [0.2, 0.25) is 0 Å². The maximum Gasteiger partial charge on any atom is 0.212 e. The molecule has 0 amide bonds. The summed E-state index contributed by atoms with van der Waals surface area (Å²) in [4.78, 5) is 6.33. The van der Waals surface area contributed by atoms with E-state index in [2.05, 4.69) is 9.88 Å². The van der Waals surface area contributed by atoms with Crippen molar-refractivity contribution in [2.24, 2.45) is 0 Å². The molecule has 2 aliphatic heterocycles. The molecule has 5 nitrogen and oxygen atoms in total. The minimum absolute atomic E-state index is 0.0658. The zero-order chi connectivity index (χ0) is 20.9. The number of sulfone groups is 1. The maximum atomic E-state index is 13.2. The van der Waals surface area contributed by atoms with E-state index < -0.39 is 21.0 Å². The second-order valence-electron chi connectivity index (χ2n) is 7.86. The molecule has 1 saturated heterocycles. The highest BCUT2D eigenvalue weighted by molar-refractivity contribution is 7.92. The number of halogens is 1. The Kier molecular flexibility index (Phi) is 4.60. The first kappa shape index (κ1) is 19.2. The molecule has 2 aromatic carbocycles. The van der Waals surface area contributed by atoms with Gasteiger partial charge < -0.3 is 4.74 Å². The summed E-state index contributed by atoms with van der Waals surface area (Å²) in [6.45, 7) is 1.86. The van der Waals surface area contributed by atoms with Gasteiger partial charge in [0.05, 0.1) is 17.3 Å². The van der Waals surface area contributed by atoms with E-state index in [1.807, 2.05) is 30.3 Å². The fourth-order valence-electron chi connectivity index (χ4n) is 4.61. The highest BCUT2D eigenvalue weighted by Gasteiger charge is 2.50. The maximum absolute atomic E-state index is 13.2. The lowest BCUT2D eigenvalue weighted by Crippen LogP contribution is -2.25. The van der Waals surface area contributed by atoms with Crippen molar-refractivity contribution in [3.05, 3.63) is 77.9 Å². The quantitative estimate of drug-likeness (QED) is 0.599. The molecule has 0 N–H and O–H groups in total. The van der Waals surface area contributed by atoms with Crippen LogP contribution in [-0.4, -0.2) is 43.8 Å². The zero-order valence-corrected chi connectivity index (χ0v) is 17.3. The van der Waals surface area contributed by atoms with Gasteiger partial charge in [-0.25, -0.2) is 13.4 Å². The van der Waals surface area contributed by atoms with Crippen LogP contribution >= 0.6 is 0 Å². The van der Waals surface area contributed by atoms with E-state index in [4.69, 9.17) is 4.74 Å². The van der Waals surface area contributed by atoms with Crippen molar-refractivity contribution < 1.29 is 17.5 Å². The van der Waals surface area contributed by atoms with Crippen LogP contribution in [0.1, 0.15) is 17.0 Å². The van der Waals surface area contributed by atoms with Gasteiger partial charge in [-0.05, 0) is 53.1 Å². The van der Waals surface area contributed by atoms with Gasteiger partial charge in [-0.15, -0.1) is 0 Å². The number of methoxy groups -OCH3 is 1. The molecule has 5 rings (SSSR count). The third kappa shape index (κ3) is 3.18. The van der Waals surface area contributed by atoms with Crippen molar-refractivity contribution in [2.45, 2.75) is 22.6 Å². The largest absolute Gasteiger partial charge is 0.497 e. The van der Waals surface area contributed by atoms with Crippen molar-refractivity contribution in [1.29, 1.82) is 0 Å². The number of aromatic nitrogens is 1. The minimum atomic E-state index is -3.37. The van der Waals surface area contributed by atoms with Gasteiger partial charge in [-0.2, -0.15) is 4.39 Å². The van der Waals surface area contributed by atoms with Gasteiger partial charge in [0.25, 0.3) is 0 Å². The van der Waals surface area contributed by atoms with E-state index in [-0.39, 0.29) is 5.92 Å². The molecule has 2 aliphatic rings. The number of likely N-dealkylation sites (tertiary alicyclic amines) is 1. The topological polar surface area (TPSA) is 59.5 Å². The summed E-state index contributed by atoms with van der Waals surface area (Å²) >= 11 is 0. The van der Waals surface area contributed by atoms with Crippen LogP contribution in [0.4, 0.5) is 4.39 Å². The predicted octanol–water partition coefficient (Wildman–Crippen LogP) is 3.65. The van der Waals surface area contributed by atoms with Crippen LogP contribution in [-0.2, 0) is 16.4 Å². The lowest BCUT2D eigenvalue weighted by atomic mass is 9.95. The number of pyridine rings is 1. The minimum Gasteiger partial charge on any atom is -0.497 e. The van der Waals surface area contributed by atoms with Crippen LogP contribution in [0.15, 0.2) is 65.7 Å². The van der Waals surface area contributed by atoms with E-state index in [1.54, 1.807) is 25.3 Å². The fraction of sp³-hybridized carbons (Fsp3) is 0.261. The van der Waals surface area contributed by atoms with Crippen LogP contribution in [0.5, 0.6) is 5.75 Å². The summed E-state index contributed by atoms with van der Waals surface area (Å²) < 4.78 is 44.8. The summed E-state index contributed by atoms with van der Waals surface area (Å²) in [6, 6.07) is 16.2. The molecule has 30 heavy (non-hydrogen) atoms. The van der Waals surface area contributed by atoms with Crippen molar-refractivity contribution in [2.75, 3.05) is 20.2 Å². The van der Waals surface area contributed by atoms with Gasteiger partial charge in [0.15, 0.2) is 9.84 Å². The smallest absolute Gasteiger partial charge is 0.212 e. The lowest BCUT2D eigenvalue weighted by molar-refractivity contribution is 0.324. The number of hydrogen-bond donors (Lipinski definition) is 0. The zero-order valence-electron chi connectivity index (χ0n) is 16.5. The number of hydrogen-bond acceptors (Lipinski definition) is 5. The number of nitrogens with zero attached hydrogens (tertiary/aromatic N) is 2. The van der Waals surface area contributed by atoms with Crippen LogP contribution in [0.25, 0.3) is 11.1 Å². The van der Waals surface area contributed by atoms with Crippen molar-refractivity contribution >= 4 is 9.84 Å². The van der Waals surface area contributed by atoms with Crippen molar-refractivity contribution in [1.82, 2.24) is 9.88 Å². The molecule has 0 aliphatic carbocycles. The van der Waals surface area contributed by atoms with Gasteiger partial charge >= 0.3 is 0 Å². The van der Waals surface area contributed by atoms with Crippen molar-refractivity contribution in [3.8, 4) is 16.9 Å². The number of ether oxygens (including phenoxy) is 1. The molecular weight excluding hydrogens is 403 g/mol. The summed E-state index contributed by atoms with van der Waals surface area (Å²) in [5.41, 5.74) is 3.57. The average Bonchev–Trinajstić information content (AvgIpc) is 3.26. The molecule has 0 saturated carbocycles. The Balaban J connectivity index is 1.45. The normalized spacial score (nSPS) is 21.9. The highest BCUT2D eigenvalue weighted by atomic mass is 32.2. The average molecular weight is 424 g/mol. The van der Waals surface area contributed by atoms with E-state index in [0.717, 1.165) is 28.0 Å². The van der Waals surface area contributed by atoms with E-state index in [0.29, 0.717) is 24.5 Å². The van der Waals surface area contributed by atoms with Gasteiger partial charge in [-0.3, -0.25) is 4.90 Å². The molecule has 2 atom stereocenters. The molecule has 1 fully saturated rings. The van der Waals surface area contributed by atoms with E-state index in [9.17, 15) is 12.8 Å². The van der Waals surface area contributed by atoms with E-state index >= 15 is 0 Å². The standard InChI is InChI=1S/C23H21FN2O3S/c1-29-18-4-2-3-15(9-18)12-26-13-20-19-10-16(17-6-8-23(24)25-11-17)5-7-21(19)30(27,28)22(20)14-26/h2-11,20,22H,12-14H2,1H3/t20-,22-/m0/s1. The molecule has 0 unspecified atom stereocenters. The molecule has 0 spiro atoms. The Hall–Kier alpha value is -2.77. The predicted molar refractivity (Wildman–Crippen MR) is 112 cm³/mol. The third-order valence-electron chi connectivity index (χ3n) is 6.06. The van der Waals surface area contributed by atoms with Crippen molar-refractivity contribution in [3.63, 3.8) is 0 Å². The number of fused-ring (bicyclic) bond motifs is 3. The van der Waals surface area contributed by atoms with Crippen LogP contribution in [0.3, 0.4) is 0 Å². The first-order valence-corrected chi connectivity index (χ1v) is 11.4. The summed E-state index contributed by atoms with van der Waals surface area (Å²) in [6.07, 6.45) is 1.47. The fourth-order valence-corrected chi connectivity index (χ4v) is 6.80. The molecule has 3 heterocycles. The Morgan fingerprint density at radius 1 is 1.10 bits per heavy atom. The Morgan fingerprint density at radius 3 is 2.70 bits per heavy atom. The molecule has 154 valence electrons. The van der Waals surface area contributed by atoms with Crippen LogP contribution in [0, 0.1) is 5.95 Å². The SMILES string of the molecule is COc1cccc(CN2C[C@H]3c4cc(-c5ccc(F)nc5)ccc4S(=O)(=O)[C@H]3C2)c1. The summed E-state index contributed by atoms with van der Waals surface area (Å²) in [5.74, 6) is 0.193. The monoisotopic (exact) mass is 424 g/mol. The van der Waals surface area contributed by atoms with Gasteiger partial charge in [0.2, 0.25) is 5.95 Å². The number of rotatable bonds is 4. The highest BCUT2D eigenvalue weighted by Crippen LogP contribution is 2.46. The van der Waals surface area contributed by atoms with Gasteiger partial charge in [0, 0.05) is 37.3 Å². The Morgan fingerprint density at radius 2 is 1.93 bits per heavy atom. The van der Waals surface area contributed by atoms with E-state index in [1.165, 1.54) is 12.3 Å². The molecule has 7 heteroatoms. The molecule has 0 radical (unpaired) electrons. The first-order valence-electron chi connectivity index (χ1n) is 9.81. The summed E-state index contributed by atoms with van der Waals surface area (Å²) in [5, 5.41) is -0.431. The second kappa shape index (κ2) is 7.18. The van der Waals surface area contributed by atoms with Gasteiger partial charge in [0.1, 0.15) is 5.75 Å². The van der Waals surface area contributed by atoms with Crippen LogP contribution < -0.4 is 4.74 Å². The van der Waals surface area contributed by atoms with Gasteiger partial charge in [-0.1, -0.05) is 18.2 Å². The Bertz CT molecular complexity index is 1210. The molecule has 0 bridgehead atoms. The Labute approximate surface area is 175 Å². The summed E-state index contributed by atoms with van der Waals surface area (Å²) in [7, 11) is -1.73. The molecule has 3 aromatic rings.